The van der Waals surface area contributed by atoms with Crippen molar-refractivity contribution in [2.45, 2.75) is 32.5 Å². The molecule has 34 heavy (non-hydrogen) atoms. The van der Waals surface area contributed by atoms with Gasteiger partial charge in [-0.05, 0) is 56.7 Å². The Bertz CT molecular complexity index is 870. The van der Waals surface area contributed by atoms with E-state index < -0.39 is 18.2 Å². The molecule has 0 radical (unpaired) electrons. The zero-order valence-corrected chi connectivity index (χ0v) is 20.5. The molecule has 0 bridgehead atoms. The monoisotopic (exact) mass is 484 g/mol. The van der Waals surface area contributed by atoms with Crippen LogP contribution in [0.25, 0.3) is 0 Å². The third-order valence-corrected chi connectivity index (χ3v) is 5.14. The molecule has 2 unspecified atom stereocenters. The van der Waals surface area contributed by atoms with Gasteiger partial charge in [0.05, 0.1) is 17.8 Å². The number of carboxylic acid groups (broad SMARTS) is 1. The molecular formula is C27H33O6P. The zero-order valence-electron chi connectivity index (χ0n) is 19.5. The molecule has 0 heterocycles. The minimum atomic E-state index is -0.879. The second-order valence-corrected chi connectivity index (χ2v) is 7.83. The van der Waals surface area contributed by atoms with Crippen molar-refractivity contribution in [3.63, 3.8) is 0 Å². The fraction of sp³-hybridized carbons (Fsp3) is 0.222. The Morgan fingerprint density at radius 1 is 0.824 bits per heavy atom. The van der Waals surface area contributed by atoms with Crippen molar-refractivity contribution in [1.82, 2.24) is 0 Å². The van der Waals surface area contributed by atoms with Gasteiger partial charge in [-0.25, -0.2) is 4.79 Å². The van der Waals surface area contributed by atoms with E-state index in [4.69, 9.17) is 24.4 Å². The van der Waals surface area contributed by atoms with Crippen LogP contribution in [-0.2, 0) is 0 Å². The summed E-state index contributed by atoms with van der Waals surface area (Å²) < 4.78 is 10.8. The first kappa shape index (κ1) is 28.9. The molecule has 3 N–H and O–H groups in total. The minimum absolute atomic E-state index is 0.0129. The molecule has 0 fully saturated rings. The standard InChI is InChI=1S/C12H11O2P.C8H16O2.C7H6O2/c1-3-7-11(8-4-1)13-15-14-12-9-5-2-6-10-12;1-4-5-8(6(2)9)7(3)10;8-7(9)6-4-2-1-3-5-6/h1-10,15H;4,6-10H,1,5H2,2-3H3;1-5H,(H,8,9). The highest BCUT2D eigenvalue weighted by Crippen LogP contribution is 2.24. The normalized spacial score (nSPS) is 12.4. The van der Waals surface area contributed by atoms with Crippen LogP contribution in [-0.4, -0.2) is 33.5 Å². The Morgan fingerprint density at radius 3 is 1.47 bits per heavy atom. The van der Waals surface area contributed by atoms with E-state index in [1.807, 2.05) is 60.7 Å². The summed E-state index contributed by atoms with van der Waals surface area (Å²) in [6, 6.07) is 27.5. The van der Waals surface area contributed by atoms with Crippen molar-refractivity contribution in [2.24, 2.45) is 5.92 Å². The number of carbonyl (C=O) groups is 1. The number of hydrogen-bond donors (Lipinski definition) is 3. The highest BCUT2D eigenvalue weighted by Gasteiger charge is 2.18. The molecule has 7 heteroatoms. The van der Waals surface area contributed by atoms with E-state index in [-0.39, 0.29) is 15.0 Å². The molecule has 0 saturated heterocycles. The van der Waals surface area contributed by atoms with Crippen LogP contribution < -0.4 is 9.05 Å². The molecule has 3 aromatic rings. The molecule has 0 aliphatic rings. The Morgan fingerprint density at radius 2 is 1.21 bits per heavy atom. The van der Waals surface area contributed by atoms with Gasteiger partial charge in [-0.2, -0.15) is 0 Å². The predicted molar refractivity (Wildman–Crippen MR) is 138 cm³/mol. The van der Waals surface area contributed by atoms with Crippen LogP contribution >= 0.6 is 9.03 Å². The molecule has 0 amide bonds. The number of aliphatic hydroxyl groups is 2. The summed E-state index contributed by atoms with van der Waals surface area (Å²) in [4.78, 5) is 10.2. The summed E-state index contributed by atoms with van der Waals surface area (Å²) in [5.41, 5.74) is 0.331. The summed E-state index contributed by atoms with van der Waals surface area (Å²) in [5, 5.41) is 26.6. The number of allylic oxidation sites excluding steroid dienone is 1. The number of para-hydroxylation sites is 2. The van der Waals surface area contributed by atoms with Crippen molar-refractivity contribution in [2.75, 3.05) is 0 Å². The van der Waals surface area contributed by atoms with E-state index >= 15 is 0 Å². The number of benzene rings is 3. The van der Waals surface area contributed by atoms with Crippen molar-refractivity contribution >= 4 is 15.0 Å². The maximum Gasteiger partial charge on any atom is 0.335 e. The average molecular weight is 485 g/mol. The molecule has 0 aromatic heterocycles. The Kier molecular flexibility index (Phi) is 14.7. The number of hydrogen-bond acceptors (Lipinski definition) is 5. The van der Waals surface area contributed by atoms with E-state index in [1.54, 1.807) is 50.3 Å². The van der Waals surface area contributed by atoms with E-state index in [9.17, 15) is 4.79 Å². The first-order chi connectivity index (χ1) is 16.3. The molecule has 0 saturated carbocycles. The van der Waals surface area contributed by atoms with E-state index in [0.717, 1.165) is 11.5 Å². The molecule has 6 nitrogen and oxygen atoms in total. The summed E-state index contributed by atoms with van der Waals surface area (Å²) in [5.74, 6) is 0.701. The predicted octanol–water partition coefficient (Wildman–Crippen LogP) is 5.98. The second-order valence-electron chi connectivity index (χ2n) is 7.25. The summed E-state index contributed by atoms with van der Waals surface area (Å²) in [7, 11) is -0.0129. The maximum atomic E-state index is 10.2. The van der Waals surface area contributed by atoms with Crippen LogP contribution in [0, 0.1) is 5.92 Å². The fourth-order valence-electron chi connectivity index (χ4n) is 2.66. The van der Waals surface area contributed by atoms with Gasteiger partial charge in [0.1, 0.15) is 11.5 Å². The first-order valence-corrected chi connectivity index (χ1v) is 11.6. The highest BCUT2D eigenvalue weighted by atomic mass is 31.1. The summed E-state index contributed by atoms with van der Waals surface area (Å²) in [6.45, 7) is 6.91. The molecule has 2 atom stereocenters. The van der Waals surface area contributed by atoms with Crippen LogP contribution in [0.3, 0.4) is 0 Å². The first-order valence-electron chi connectivity index (χ1n) is 10.8. The number of carboxylic acids is 1. The van der Waals surface area contributed by atoms with E-state index in [2.05, 4.69) is 6.58 Å². The molecule has 3 aromatic carbocycles. The van der Waals surface area contributed by atoms with Gasteiger partial charge in [-0.3, -0.25) is 0 Å². The van der Waals surface area contributed by atoms with E-state index in [0.29, 0.717) is 12.0 Å². The van der Waals surface area contributed by atoms with Gasteiger partial charge in [-0.1, -0.05) is 60.7 Å². The number of rotatable bonds is 9. The van der Waals surface area contributed by atoms with Crippen molar-refractivity contribution in [3.8, 4) is 11.5 Å². The largest absolute Gasteiger partial charge is 0.478 e. The van der Waals surface area contributed by atoms with Gasteiger partial charge < -0.3 is 24.4 Å². The van der Waals surface area contributed by atoms with Crippen LogP contribution in [0.1, 0.15) is 30.6 Å². The van der Waals surface area contributed by atoms with Crippen LogP contribution in [0.15, 0.2) is 104 Å². The Balaban J connectivity index is 0.000000268. The van der Waals surface area contributed by atoms with Crippen LogP contribution in [0.2, 0.25) is 0 Å². The van der Waals surface area contributed by atoms with Gasteiger partial charge in [0.2, 0.25) is 0 Å². The summed E-state index contributed by atoms with van der Waals surface area (Å²) in [6.07, 6.45) is 1.45. The topological polar surface area (TPSA) is 96.2 Å². The second kappa shape index (κ2) is 17.3. The molecule has 182 valence electrons. The lowest BCUT2D eigenvalue weighted by molar-refractivity contribution is 0.0335. The van der Waals surface area contributed by atoms with Gasteiger partial charge >= 0.3 is 5.97 Å². The lowest BCUT2D eigenvalue weighted by Gasteiger charge is -2.20. The van der Waals surface area contributed by atoms with Gasteiger partial charge in [0, 0.05) is 5.92 Å². The van der Waals surface area contributed by atoms with Crippen LogP contribution in [0.5, 0.6) is 11.5 Å². The highest BCUT2D eigenvalue weighted by molar-refractivity contribution is 7.27. The van der Waals surface area contributed by atoms with E-state index in [1.165, 1.54) is 0 Å². The number of aromatic carboxylic acids is 1. The maximum absolute atomic E-state index is 10.2. The fourth-order valence-corrected chi connectivity index (χ4v) is 3.17. The molecule has 0 spiro atoms. The quantitative estimate of drug-likeness (QED) is 0.256. The average Bonchev–Trinajstić information content (AvgIpc) is 2.85. The summed E-state index contributed by atoms with van der Waals surface area (Å²) >= 11 is 0. The Labute approximate surface area is 203 Å². The molecule has 3 rings (SSSR count). The smallest absolute Gasteiger partial charge is 0.335 e. The Hall–Kier alpha value is -3.18. The zero-order chi connectivity index (χ0) is 25.2. The molecule has 0 aliphatic carbocycles. The molecular weight excluding hydrogens is 451 g/mol. The lowest BCUT2D eigenvalue weighted by Crippen LogP contribution is -2.26. The van der Waals surface area contributed by atoms with Crippen molar-refractivity contribution in [1.29, 1.82) is 0 Å². The van der Waals surface area contributed by atoms with Gasteiger partial charge in [0.15, 0.2) is 0 Å². The van der Waals surface area contributed by atoms with Crippen molar-refractivity contribution < 1.29 is 29.2 Å². The lowest BCUT2D eigenvalue weighted by atomic mass is 9.94. The molecule has 0 aliphatic heterocycles. The minimum Gasteiger partial charge on any atom is -0.478 e. The third-order valence-electron chi connectivity index (χ3n) is 4.50. The third kappa shape index (κ3) is 12.8. The van der Waals surface area contributed by atoms with Crippen LogP contribution in [0.4, 0.5) is 0 Å². The number of aliphatic hydroxyl groups excluding tert-OH is 2. The van der Waals surface area contributed by atoms with Crippen molar-refractivity contribution in [3.05, 3.63) is 109 Å². The van der Waals surface area contributed by atoms with Gasteiger partial charge in [0.25, 0.3) is 9.03 Å². The van der Waals surface area contributed by atoms with Gasteiger partial charge in [-0.15, -0.1) is 6.58 Å². The SMILES string of the molecule is C=CCC(C(C)O)C(C)O.O=C(O)c1ccccc1.c1ccc(OPOc2ccccc2)cc1.